The van der Waals surface area contributed by atoms with E-state index in [2.05, 4.69) is 34.6 Å². The second-order valence-corrected chi connectivity index (χ2v) is 10.3. The molecule has 0 radical (unpaired) electrons. The van der Waals surface area contributed by atoms with Crippen LogP contribution in [0.5, 0.6) is 5.75 Å². The second kappa shape index (κ2) is 9.21. The summed E-state index contributed by atoms with van der Waals surface area (Å²) < 4.78 is 35.0. The Morgan fingerprint density at radius 1 is 0.677 bits per heavy atom. The van der Waals surface area contributed by atoms with E-state index in [4.69, 9.17) is 4.74 Å². The van der Waals surface area contributed by atoms with Crippen molar-refractivity contribution in [3.8, 4) is 16.9 Å². The maximum atomic E-state index is 14.8. The van der Waals surface area contributed by atoms with Crippen LogP contribution in [-0.4, -0.2) is 6.61 Å². The Morgan fingerprint density at radius 3 is 2.03 bits per heavy atom. The summed E-state index contributed by atoms with van der Waals surface area (Å²) in [7, 11) is 0. The van der Waals surface area contributed by atoms with Crippen molar-refractivity contribution in [2.45, 2.75) is 47.5 Å². The quantitative estimate of drug-likeness (QED) is 0.376. The van der Waals surface area contributed by atoms with Gasteiger partial charge in [-0.15, -0.1) is 0 Å². The van der Waals surface area contributed by atoms with Crippen LogP contribution in [0, 0.1) is 22.5 Å². The van der Waals surface area contributed by atoms with Crippen molar-refractivity contribution < 1.29 is 13.5 Å². The molecule has 0 bridgehead atoms. The summed E-state index contributed by atoms with van der Waals surface area (Å²) in [5, 5.41) is 0. The number of benzene rings is 3. The molecule has 0 amide bonds. The van der Waals surface area contributed by atoms with Gasteiger partial charge in [0.1, 0.15) is 17.4 Å². The molecule has 0 saturated heterocycles. The normalized spacial score (nSPS) is 12.1. The average Bonchev–Trinajstić information content (AvgIpc) is 2.70. The molecule has 0 atom stereocenters. The van der Waals surface area contributed by atoms with Crippen molar-refractivity contribution in [2.75, 3.05) is 6.61 Å². The molecule has 0 fully saturated rings. The first-order valence-corrected chi connectivity index (χ1v) is 10.8. The maximum absolute atomic E-state index is 14.8. The Kier molecular flexibility index (Phi) is 6.83. The average molecular weight is 423 g/mol. The lowest BCUT2D eigenvalue weighted by atomic mass is 9.86. The Bertz CT molecular complexity index is 1020. The highest BCUT2D eigenvalue weighted by Crippen LogP contribution is 2.30. The summed E-state index contributed by atoms with van der Waals surface area (Å²) in [5.74, 6) is 0.236. The third kappa shape index (κ3) is 6.65. The molecule has 0 aromatic heterocycles. The molecule has 0 aliphatic carbocycles. The number of hydrogen-bond donors (Lipinski definition) is 0. The van der Waals surface area contributed by atoms with E-state index >= 15 is 0 Å². The van der Waals surface area contributed by atoms with Gasteiger partial charge in [-0.3, -0.25) is 0 Å². The first kappa shape index (κ1) is 23.0. The molecular formula is C28H32F2O. The molecule has 0 saturated carbocycles. The zero-order valence-electron chi connectivity index (χ0n) is 19.1. The SMILES string of the molecule is CC(C)(C)Cc1cc(OCC(C)(C)Cc2ccc(-c3ccccc3)cc2F)ccc1F. The van der Waals surface area contributed by atoms with E-state index in [1.165, 1.54) is 6.07 Å². The van der Waals surface area contributed by atoms with E-state index in [0.717, 1.165) is 11.1 Å². The molecular weight excluding hydrogens is 390 g/mol. The van der Waals surface area contributed by atoms with Crippen LogP contribution in [0.15, 0.2) is 66.7 Å². The monoisotopic (exact) mass is 422 g/mol. The molecule has 0 N–H and O–H groups in total. The molecule has 3 aromatic rings. The van der Waals surface area contributed by atoms with Crippen LogP contribution in [0.1, 0.15) is 45.7 Å². The minimum atomic E-state index is -0.284. The highest BCUT2D eigenvalue weighted by molar-refractivity contribution is 5.63. The van der Waals surface area contributed by atoms with Crippen molar-refractivity contribution in [1.82, 2.24) is 0 Å². The van der Waals surface area contributed by atoms with E-state index in [0.29, 0.717) is 36.3 Å². The van der Waals surface area contributed by atoms with Gasteiger partial charge in [0.25, 0.3) is 0 Å². The van der Waals surface area contributed by atoms with Crippen LogP contribution >= 0.6 is 0 Å². The molecule has 164 valence electrons. The minimum Gasteiger partial charge on any atom is -0.493 e. The first-order chi connectivity index (χ1) is 14.5. The van der Waals surface area contributed by atoms with Crippen molar-refractivity contribution >= 4 is 0 Å². The predicted octanol–water partition coefficient (Wildman–Crippen LogP) is 7.87. The number of ether oxygens (including phenoxy) is 1. The molecule has 3 aromatic carbocycles. The molecule has 0 spiro atoms. The molecule has 0 aliphatic heterocycles. The number of rotatable bonds is 7. The molecule has 3 heteroatoms. The minimum absolute atomic E-state index is 0.0117. The number of halogens is 2. The van der Waals surface area contributed by atoms with Gasteiger partial charge in [0.2, 0.25) is 0 Å². The van der Waals surface area contributed by atoms with Gasteiger partial charge in [-0.05, 0) is 64.8 Å². The summed E-state index contributed by atoms with van der Waals surface area (Å²) in [6.45, 7) is 10.8. The Morgan fingerprint density at radius 2 is 1.39 bits per heavy atom. The van der Waals surface area contributed by atoms with E-state index in [-0.39, 0.29) is 22.5 Å². The summed E-state index contributed by atoms with van der Waals surface area (Å²) in [6.07, 6.45) is 1.18. The van der Waals surface area contributed by atoms with Gasteiger partial charge in [-0.1, -0.05) is 77.1 Å². The van der Waals surface area contributed by atoms with Gasteiger partial charge in [0.05, 0.1) is 6.61 Å². The van der Waals surface area contributed by atoms with Gasteiger partial charge in [-0.25, -0.2) is 8.78 Å². The van der Waals surface area contributed by atoms with E-state index in [1.807, 2.05) is 42.5 Å². The lowest BCUT2D eigenvalue weighted by molar-refractivity contribution is 0.178. The van der Waals surface area contributed by atoms with Crippen molar-refractivity contribution in [3.05, 3.63) is 89.5 Å². The van der Waals surface area contributed by atoms with Crippen LogP contribution in [0.4, 0.5) is 8.78 Å². The lowest BCUT2D eigenvalue weighted by Gasteiger charge is -2.26. The molecule has 0 heterocycles. The zero-order chi connectivity index (χ0) is 22.6. The van der Waals surface area contributed by atoms with Crippen molar-refractivity contribution in [2.24, 2.45) is 10.8 Å². The third-order valence-electron chi connectivity index (χ3n) is 5.20. The van der Waals surface area contributed by atoms with Gasteiger partial charge in [-0.2, -0.15) is 0 Å². The van der Waals surface area contributed by atoms with E-state index in [1.54, 1.807) is 18.2 Å². The van der Waals surface area contributed by atoms with Crippen LogP contribution in [0.25, 0.3) is 11.1 Å². The van der Waals surface area contributed by atoms with Crippen LogP contribution in [0.3, 0.4) is 0 Å². The van der Waals surface area contributed by atoms with E-state index in [9.17, 15) is 8.78 Å². The largest absolute Gasteiger partial charge is 0.493 e. The van der Waals surface area contributed by atoms with E-state index < -0.39 is 0 Å². The van der Waals surface area contributed by atoms with Crippen LogP contribution in [0.2, 0.25) is 0 Å². The fourth-order valence-electron chi connectivity index (χ4n) is 3.69. The molecule has 3 rings (SSSR count). The highest BCUT2D eigenvalue weighted by Gasteiger charge is 2.22. The fourth-order valence-corrected chi connectivity index (χ4v) is 3.69. The standard InChI is InChI=1S/C28H32F2O/c1-27(2,3)17-23-15-24(13-14-25(23)29)31-19-28(4,5)18-22-12-11-21(16-26(22)30)20-9-7-6-8-10-20/h6-16H,17-19H2,1-5H3. The lowest BCUT2D eigenvalue weighted by Crippen LogP contribution is -2.24. The second-order valence-electron chi connectivity index (χ2n) is 10.3. The maximum Gasteiger partial charge on any atom is 0.127 e. The van der Waals surface area contributed by atoms with Gasteiger partial charge in [0.15, 0.2) is 0 Å². The molecule has 1 nitrogen and oxygen atoms in total. The van der Waals surface area contributed by atoms with Crippen molar-refractivity contribution in [3.63, 3.8) is 0 Å². The topological polar surface area (TPSA) is 9.23 Å². The van der Waals surface area contributed by atoms with Gasteiger partial charge >= 0.3 is 0 Å². The first-order valence-electron chi connectivity index (χ1n) is 10.8. The van der Waals surface area contributed by atoms with Crippen molar-refractivity contribution in [1.29, 1.82) is 0 Å². The summed E-state index contributed by atoms with van der Waals surface area (Å²) in [5.41, 5.74) is 2.90. The van der Waals surface area contributed by atoms with Crippen LogP contribution < -0.4 is 4.74 Å². The molecule has 0 aliphatic rings. The Hall–Kier alpha value is -2.68. The summed E-state index contributed by atoms with van der Waals surface area (Å²) >= 11 is 0. The highest BCUT2D eigenvalue weighted by atomic mass is 19.1. The smallest absolute Gasteiger partial charge is 0.127 e. The van der Waals surface area contributed by atoms with Crippen LogP contribution in [-0.2, 0) is 12.8 Å². The van der Waals surface area contributed by atoms with Gasteiger partial charge in [0, 0.05) is 5.41 Å². The third-order valence-corrected chi connectivity index (χ3v) is 5.20. The molecule has 0 unspecified atom stereocenters. The van der Waals surface area contributed by atoms with Gasteiger partial charge < -0.3 is 4.74 Å². The summed E-state index contributed by atoms with van der Waals surface area (Å²) in [6, 6.07) is 20.1. The number of hydrogen-bond acceptors (Lipinski definition) is 1. The molecule has 31 heavy (non-hydrogen) atoms. The zero-order valence-corrected chi connectivity index (χ0v) is 19.1. The predicted molar refractivity (Wildman–Crippen MR) is 124 cm³/mol. The fraction of sp³-hybridized carbons (Fsp3) is 0.357. The summed E-state index contributed by atoms with van der Waals surface area (Å²) in [4.78, 5) is 0. The Balaban J connectivity index is 1.67. The Labute approximate surface area is 185 Å².